The van der Waals surface area contributed by atoms with Crippen LogP contribution >= 0.6 is 11.6 Å². The summed E-state index contributed by atoms with van der Waals surface area (Å²) in [7, 11) is 4.18. The molecule has 1 atom stereocenters. The molecule has 0 spiro atoms. The first kappa shape index (κ1) is 16.0. The highest BCUT2D eigenvalue weighted by molar-refractivity contribution is 6.30. The van der Waals surface area contributed by atoms with Crippen LogP contribution in [0.4, 0.5) is 0 Å². The molecule has 0 aromatic heterocycles. The molecule has 2 aromatic rings. The van der Waals surface area contributed by atoms with Crippen LogP contribution in [0.2, 0.25) is 5.02 Å². The molecule has 2 rings (SSSR count). The summed E-state index contributed by atoms with van der Waals surface area (Å²) in [4.78, 5) is 2.34. The van der Waals surface area contributed by atoms with Crippen molar-refractivity contribution in [2.24, 2.45) is 0 Å². The number of benzene rings is 2. The van der Waals surface area contributed by atoms with Crippen molar-refractivity contribution >= 4 is 11.6 Å². The molecule has 1 unspecified atom stereocenters. The standard InChI is InChI=1S/C18H23ClN2/c1-20-18(16-6-4-3-5-7-16)12-13-21(2)14-15-8-10-17(19)11-9-15/h3-11,18,20H,12-14H2,1-2H3. The molecule has 0 saturated heterocycles. The lowest BCUT2D eigenvalue weighted by atomic mass is 10.0. The Bertz CT molecular complexity index is 525. The van der Waals surface area contributed by atoms with Crippen molar-refractivity contribution in [3.05, 3.63) is 70.7 Å². The molecule has 0 aliphatic heterocycles. The second-order valence-corrected chi connectivity index (χ2v) is 5.84. The maximum Gasteiger partial charge on any atom is 0.0406 e. The summed E-state index contributed by atoms with van der Waals surface area (Å²) in [6.07, 6.45) is 1.09. The molecule has 0 aliphatic rings. The molecular weight excluding hydrogens is 280 g/mol. The zero-order chi connectivity index (χ0) is 15.1. The van der Waals surface area contributed by atoms with Crippen LogP contribution < -0.4 is 5.32 Å². The number of hydrogen-bond acceptors (Lipinski definition) is 2. The Morgan fingerprint density at radius 3 is 2.33 bits per heavy atom. The third kappa shape index (κ3) is 5.16. The van der Waals surface area contributed by atoms with Crippen molar-refractivity contribution < 1.29 is 0 Å². The summed E-state index contributed by atoms with van der Waals surface area (Å²) in [5, 5.41) is 4.19. The number of nitrogens with zero attached hydrogens (tertiary/aromatic N) is 1. The predicted octanol–water partition coefficient (Wildman–Crippen LogP) is 4.12. The van der Waals surface area contributed by atoms with E-state index in [0.29, 0.717) is 6.04 Å². The largest absolute Gasteiger partial charge is 0.313 e. The summed E-state index contributed by atoms with van der Waals surface area (Å²) in [6.45, 7) is 1.99. The van der Waals surface area contributed by atoms with Crippen LogP contribution in [0.3, 0.4) is 0 Å². The normalized spacial score (nSPS) is 12.6. The van der Waals surface area contributed by atoms with E-state index in [2.05, 4.69) is 59.7 Å². The third-order valence-corrected chi connectivity index (χ3v) is 3.97. The molecule has 21 heavy (non-hydrogen) atoms. The molecule has 112 valence electrons. The number of rotatable bonds is 7. The van der Waals surface area contributed by atoms with Crippen LogP contribution in [0.1, 0.15) is 23.6 Å². The van der Waals surface area contributed by atoms with Crippen LogP contribution in [0.5, 0.6) is 0 Å². The summed E-state index contributed by atoms with van der Waals surface area (Å²) in [6, 6.07) is 19.1. The molecule has 0 aliphatic carbocycles. The Labute approximate surface area is 132 Å². The van der Waals surface area contributed by atoms with Gasteiger partial charge in [-0.3, -0.25) is 0 Å². The van der Waals surface area contributed by atoms with Gasteiger partial charge in [0.1, 0.15) is 0 Å². The molecule has 2 aromatic carbocycles. The first-order chi connectivity index (χ1) is 10.2. The highest BCUT2D eigenvalue weighted by atomic mass is 35.5. The lowest BCUT2D eigenvalue weighted by Gasteiger charge is -2.22. The minimum absolute atomic E-state index is 0.402. The van der Waals surface area contributed by atoms with Gasteiger partial charge in [-0.25, -0.2) is 0 Å². The Kier molecular flexibility index (Phi) is 6.24. The predicted molar refractivity (Wildman–Crippen MR) is 90.6 cm³/mol. The summed E-state index contributed by atoms with van der Waals surface area (Å²) >= 11 is 5.92. The van der Waals surface area contributed by atoms with E-state index in [9.17, 15) is 0 Å². The first-order valence-electron chi connectivity index (χ1n) is 7.34. The van der Waals surface area contributed by atoms with E-state index in [1.165, 1.54) is 11.1 Å². The molecule has 0 radical (unpaired) electrons. The summed E-state index contributed by atoms with van der Waals surface area (Å²) < 4.78 is 0. The van der Waals surface area contributed by atoms with Gasteiger partial charge in [0.25, 0.3) is 0 Å². The van der Waals surface area contributed by atoms with Gasteiger partial charge in [0, 0.05) is 17.6 Å². The van der Waals surface area contributed by atoms with Gasteiger partial charge >= 0.3 is 0 Å². The van der Waals surface area contributed by atoms with Crippen LogP contribution in [0, 0.1) is 0 Å². The lowest BCUT2D eigenvalue weighted by molar-refractivity contribution is 0.304. The average Bonchev–Trinajstić information content (AvgIpc) is 2.51. The summed E-state index contributed by atoms with van der Waals surface area (Å²) in [5.41, 5.74) is 2.64. The molecule has 0 heterocycles. The van der Waals surface area contributed by atoms with Crippen LogP contribution in [0.15, 0.2) is 54.6 Å². The highest BCUT2D eigenvalue weighted by Gasteiger charge is 2.10. The van der Waals surface area contributed by atoms with E-state index < -0.39 is 0 Å². The van der Waals surface area contributed by atoms with Crippen molar-refractivity contribution in [1.82, 2.24) is 10.2 Å². The van der Waals surface area contributed by atoms with E-state index in [1.54, 1.807) is 0 Å². The molecule has 0 amide bonds. The zero-order valence-corrected chi connectivity index (χ0v) is 13.5. The Morgan fingerprint density at radius 1 is 1.05 bits per heavy atom. The van der Waals surface area contributed by atoms with Crippen LogP contribution in [-0.2, 0) is 6.54 Å². The van der Waals surface area contributed by atoms with Gasteiger partial charge in [0.15, 0.2) is 0 Å². The summed E-state index contributed by atoms with van der Waals surface area (Å²) in [5.74, 6) is 0. The van der Waals surface area contributed by atoms with Gasteiger partial charge in [-0.1, -0.05) is 54.1 Å². The highest BCUT2D eigenvalue weighted by Crippen LogP contribution is 2.17. The second kappa shape index (κ2) is 8.18. The maximum atomic E-state index is 5.92. The molecule has 2 nitrogen and oxygen atoms in total. The number of halogens is 1. The first-order valence-corrected chi connectivity index (χ1v) is 7.72. The van der Waals surface area contributed by atoms with Gasteiger partial charge in [-0.15, -0.1) is 0 Å². The van der Waals surface area contributed by atoms with Crippen LogP contribution in [-0.4, -0.2) is 25.5 Å². The van der Waals surface area contributed by atoms with Crippen molar-refractivity contribution in [3.8, 4) is 0 Å². The van der Waals surface area contributed by atoms with E-state index in [4.69, 9.17) is 11.6 Å². The monoisotopic (exact) mass is 302 g/mol. The van der Waals surface area contributed by atoms with Gasteiger partial charge < -0.3 is 10.2 Å². The van der Waals surface area contributed by atoms with E-state index >= 15 is 0 Å². The van der Waals surface area contributed by atoms with Gasteiger partial charge in [0.05, 0.1) is 0 Å². The Hall–Kier alpha value is -1.35. The smallest absolute Gasteiger partial charge is 0.0406 e. The van der Waals surface area contributed by atoms with Crippen molar-refractivity contribution in [2.45, 2.75) is 19.0 Å². The van der Waals surface area contributed by atoms with Crippen molar-refractivity contribution in [2.75, 3.05) is 20.6 Å². The minimum atomic E-state index is 0.402. The Morgan fingerprint density at radius 2 is 1.71 bits per heavy atom. The van der Waals surface area contributed by atoms with Gasteiger partial charge in [-0.2, -0.15) is 0 Å². The lowest BCUT2D eigenvalue weighted by Crippen LogP contribution is -2.25. The number of nitrogens with one attached hydrogen (secondary N) is 1. The SMILES string of the molecule is CNC(CCN(C)Cc1ccc(Cl)cc1)c1ccccc1. The molecule has 3 heteroatoms. The molecule has 1 N–H and O–H groups in total. The third-order valence-electron chi connectivity index (χ3n) is 3.72. The van der Waals surface area contributed by atoms with Crippen LogP contribution in [0.25, 0.3) is 0 Å². The maximum absolute atomic E-state index is 5.92. The van der Waals surface area contributed by atoms with E-state index in [1.807, 2.05) is 19.2 Å². The van der Waals surface area contributed by atoms with E-state index in [-0.39, 0.29) is 0 Å². The topological polar surface area (TPSA) is 15.3 Å². The molecule has 0 fully saturated rings. The van der Waals surface area contributed by atoms with Crippen molar-refractivity contribution in [1.29, 1.82) is 0 Å². The van der Waals surface area contributed by atoms with E-state index in [0.717, 1.165) is 24.5 Å². The van der Waals surface area contributed by atoms with Gasteiger partial charge in [-0.05, 0) is 50.3 Å². The van der Waals surface area contributed by atoms with Gasteiger partial charge in [0.2, 0.25) is 0 Å². The molecule has 0 bridgehead atoms. The van der Waals surface area contributed by atoms with Crippen molar-refractivity contribution in [3.63, 3.8) is 0 Å². The fraction of sp³-hybridized carbons (Fsp3) is 0.333. The minimum Gasteiger partial charge on any atom is -0.313 e. The fourth-order valence-electron chi connectivity index (χ4n) is 2.49. The zero-order valence-electron chi connectivity index (χ0n) is 12.7. The molecule has 0 saturated carbocycles. The molecular formula is C18H23ClN2. The average molecular weight is 303 g/mol. The second-order valence-electron chi connectivity index (χ2n) is 5.40. The quantitative estimate of drug-likeness (QED) is 0.827. The Balaban J connectivity index is 1.85. The number of hydrogen-bond donors (Lipinski definition) is 1. The fourth-order valence-corrected chi connectivity index (χ4v) is 2.62.